The van der Waals surface area contributed by atoms with Gasteiger partial charge < -0.3 is 79.1 Å². The van der Waals surface area contributed by atoms with Gasteiger partial charge in [-0.25, -0.2) is 4.98 Å². The zero-order valence-corrected chi connectivity index (χ0v) is 50.9. The van der Waals surface area contributed by atoms with Crippen LogP contribution in [0.5, 0.6) is 5.75 Å². The molecule has 0 unspecified atom stereocenters. The molecule has 478 valence electrons. The minimum Gasteiger partial charge on any atom is -0.508 e. The van der Waals surface area contributed by atoms with E-state index in [1.807, 2.05) is 53.7 Å². The number of fused-ring (bicyclic) bond motifs is 1. The van der Waals surface area contributed by atoms with Gasteiger partial charge in [0.15, 0.2) is 11.7 Å². The molecule has 16 N–H and O–H groups in total. The minimum atomic E-state index is -1.75. The molecule has 27 heteroatoms. The van der Waals surface area contributed by atoms with Crippen molar-refractivity contribution in [2.45, 2.75) is 173 Å². The lowest BCUT2D eigenvalue weighted by molar-refractivity contribution is -0.141. The van der Waals surface area contributed by atoms with Crippen molar-refractivity contribution in [3.63, 3.8) is 0 Å². The first kappa shape index (κ1) is 68.2. The SMILES string of the molecule is CC(C)CC(=O)[C@@H]1CCCN1C(=O)[C@H](CCCN=C(N)N)NC(=O)[C@H](CC(C)C)NC(=O)[C@@H](CC(C)C)NC(=O)[C@H](Cc1ccc(O)cc1)NC(=O)[C@H](CO)NC(=O)[C@H](Cc1c[nH]c2ccccc12)NC(=O)[C@H](Cc1cnc[nH]1)NC(=O)[C@@H]1CCC(=O)N1. The van der Waals surface area contributed by atoms with Crippen molar-refractivity contribution >= 4 is 75.8 Å². The van der Waals surface area contributed by atoms with Gasteiger partial charge in [-0.1, -0.05) is 71.9 Å². The van der Waals surface area contributed by atoms with E-state index in [1.165, 1.54) is 41.7 Å². The Balaban J connectivity index is 1.22. The second kappa shape index (κ2) is 32.7. The first-order valence-corrected chi connectivity index (χ1v) is 30.1. The Kier molecular flexibility index (Phi) is 25.4. The average Bonchev–Trinajstić information content (AvgIpc) is 4.36. The van der Waals surface area contributed by atoms with Gasteiger partial charge >= 0.3 is 0 Å². The summed E-state index contributed by atoms with van der Waals surface area (Å²) in [7, 11) is 0. The van der Waals surface area contributed by atoms with Crippen molar-refractivity contribution in [1.29, 1.82) is 0 Å². The number of carbonyl (C=O) groups is 10. The van der Waals surface area contributed by atoms with Gasteiger partial charge in [-0.3, -0.25) is 52.9 Å². The number of aliphatic hydroxyl groups is 1. The fraction of sp³-hybridized carbons (Fsp3) is 0.541. The van der Waals surface area contributed by atoms with Crippen LogP contribution < -0.4 is 54.0 Å². The molecule has 2 aromatic heterocycles. The monoisotopic (exact) mass is 1220 g/mol. The maximum atomic E-state index is 14.7. The number of rotatable bonds is 33. The van der Waals surface area contributed by atoms with Crippen LogP contribution in [0.25, 0.3) is 10.9 Å². The number of benzene rings is 2. The number of nitrogens with one attached hydrogen (secondary N) is 10. The molecule has 27 nitrogen and oxygen atoms in total. The molecule has 0 saturated carbocycles. The van der Waals surface area contributed by atoms with Crippen molar-refractivity contribution in [3.8, 4) is 5.75 Å². The summed E-state index contributed by atoms with van der Waals surface area (Å²) in [6, 6.07) is 1.74. The molecule has 9 atom stereocenters. The third-order valence-electron chi connectivity index (χ3n) is 15.2. The number of phenols is 1. The number of amides is 9. The maximum absolute atomic E-state index is 14.7. The molecule has 2 fully saturated rings. The van der Waals surface area contributed by atoms with Crippen LogP contribution >= 0.6 is 0 Å². The number of phenolic OH excluding ortho intramolecular Hbond substituents is 1. The number of ketones is 1. The molecule has 4 heterocycles. The van der Waals surface area contributed by atoms with Crippen molar-refractivity contribution in [2.24, 2.45) is 34.2 Å². The molecule has 0 bridgehead atoms. The van der Waals surface area contributed by atoms with Crippen LogP contribution in [-0.4, -0.2) is 169 Å². The molecule has 6 rings (SSSR count). The van der Waals surface area contributed by atoms with E-state index in [4.69, 9.17) is 11.5 Å². The number of carbonyl (C=O) groups excluding carboxylic acids is 10. The summed E-state index contributed by atoms with van der Waals surface area (Å²) < 4.78 is 0. The van der Waals surface area contributed by atoms with Gasteiger partial charge in [0, 0.05) is 74.2 Å². The fourth-order valence-electron chi connectivity index (χ4n) is 10.8. The lowest BCUT2D eigenvalue weighted by atomic mass is 9.98. The molecule has 2 aliphatic rings. The van der Waals surface area contributed by atoms with Crippen molar-refractivity contribution in [3.05, 3.63) is 84.1 Å². The van der Waals surface area contributed by atoms with E-state index in [-0.39, 0.29) is 112 Å². The van der Waals surface area contributed by atoms with Gasteiger partial charge in [-0.15, -0.1) is 0 Å². The zero-order chi connectivity index (χ0) is 64.2. The van der Waals surface area contributed by atoms with Gasteiger partial charge in [0.05, 0.1) is 19.0 Å². The van der Waals surface area contributed by atoms with Gasteiger partial charge in [0.1, 0.15) is 54.1 Å². The smallest absolute Gasteiger partial charge is 0.245 e. The Morgan fingerprint density at radius 1 is 0.682 bits per heavy atom. The maximum Gasteiger partial charge on any atom is 0.245 e. The number of Topliss-reactive ketones (excluding diaryl/α,β-unsaturated/α-hetero) is 1. The Morgan fingerprint density at radius 2 is 1.25 bits per heavy atom. The third-order valence-corrected chi connectivity index (χ3v) is 15.2. The van der Waals surface area contributed by atoms with E-state index in [1.54, 1.807) is 18.3 Å². The first-order valence-electron chi connectivity index (χ1n) is 30.1. The quantitative estimate of drug-likeness (QED) is 0.0170. The Morgan fingerprint density at radius 3 is 1.82 bits per heavy atom. The Labute approximate surface area is 511 Å². The number of hydrogen-bond donors (Lipinski definition) is 14. The number of para-hydroxylation sites is 1. The van der Waals surface area contributed by atoms with Crippen molar-refractivity contribution in [1.82, 2.24) is 62.4 Å². The predicted octanol–water partition coefficient (Wildman–Crippen LogP) is 0.0410. The van der Waals surface area contributed by atoms with Gasteiger partial charge in [-0.05, 0) is 92.0 Å². The molecule has 0 spiro atoms. The number of nitrogens with zero attached hydrogens (tertiary/aromatic N) is 3. The summed E-state index contributed by atoms with van der Waals surface area (Å²) in [5, 5.41) is 43.2. The normalized spacial score (nSPS) is 17.2. The summed E-state index contributed by atoms with van der Waals surface area (Å²) in [5.74, 6) is -7.15. The minimum absolute atomic E-state index is 0.0442. The van der Waals surface area contributed by atoms with Crippen molar-refractivity contribution in [2.75, 3.05) is 19.7 Å². The number of aliphatic hydroxyl groups excluding tert-OH is 1. The summed E-state index contributed by atoms with van der Waals surface area (Å²) in [6.45, 7) is 10.6. The Bertz CT molecular complexity index is 3090. The molecule has 0 aliphatic carbocycles. The fourth-order valence-corrected chi connectivity index (χ4v) is 10.8. The number of aromatic nitrogens is 3. The van der Waals surface area contributed by atoms with Crippen LogP contribution in [0.2, 0.25) is 0 Å². The number of aromatic hydroxyl groups is 1. The number of hydrogen-bond acceptors (Lipinski definition) is 14. The van der Waals surface area contributed by atoms with Gasteiger partial charge in [0.25, 0.3) is 0 Å². The van der Waals surface area contributed by atoms with Crippen molar-refractivity contribution < 1.29 is 58.2 Å². The lowest BCUT2D eigenvalue weighted by Gasteiger charge is -2.31. The molecule has 2 aromatic carbocycles. The summed E-state index contributed by atoms with van der Waals surface area (Å²) >= 11 is 0. The molecule has 2 saturated heterocycles. The number of likely N-dealkylation sites (tertiary alicyclic amines) is 1. The number of H-pyrrole nitrogens is 2. The highest BCUT2D eigenvalue weighted by molar-refractivity contribution is 5.99. The van der Waals surface area contributed by atoms with Crippen LogP contribution in [0.4, 0.5) is 0 Å². The highest BCUT2D eigenvalue weighted by atomic mass is 16.3. The number of aromatic amines is 2. The van der Waals surface area contributed by atoms with Gasteiger partial charge in [0.2, 0.25) is 53.2 Å². The average molecular weight is 1220 g/mol. The van der Waals surface area contributed by atoms with E-state index < -0.39 is 108 Å². The second-order valence-electron chi connectivity index (χ2n) is 23.9. The summed E-state index contributed by atoms with van der Waals surface area (Å²) in [5.41, 5.74) is 13.3. The number of nitrogens with two attached hydrogens (primary N) is 2. The highest BCUT2D eigenvalue weighted by Gasteiger charge is 2.40. The molecular formula is C61H87N15O12. The number of guanidine groups is 1. The summed E-state index contributed by atoms with van der Waals surface area (Å²) in [4.78, 5) is 156. The molecule has 4 aromatic rings. The van der Waals surface area contributed by atoms with E-state index >= 15 is 0 Å². The van der Waals surface area contributed by atoms with E-state index in [0.29, 0.717) is 41.6 Å². The number of aliphatic imine (C=N–C) groups is 1. The van der Waals surface area contributed by atoms with E-state index in [2.05, 4.69) is 62.5 Å². The van der Waals surface area contributed by atoms with Crippen LogP contribution in [0.1, 0.15) is 116 Å². The van der Waals surface area contributed by atoms with Crippen LogP contribution in [0, 0.1) is 17.8 Å². The number of imidazole rings is 1. The molecule has 2 aliphatic heterocycles. The van der Waals surface area contributed by atoms with E-state index in [9.17, 15) is 58.2 Å². The lowest BCUT2D eigenvalue weighted by Crippen LogP contribution is -2.61. The van der Waals surface area contributed by atoms with E-state index in [0.717, 1.165) is 5.52 Å². The highest BCUT2D eigenvalue weighted by Crippen LogP contribution is 2.24. The van der Waals surface area contributed by atoms with Crippen LogP contribution in [0.15, 0.2) is 72.2 Å². The first-order chi connectivity index (χ1) is 41.9. The predicted molar refractivity (Wildman–Crippen MR) is 326 cm³/mol. The molecular weight excluding hydrogens is 1130 g/mol. The Hall–Kier alpha value is -8.88. The molecule has 0 radical (unpaired) electrons. The zero-order valence-electron chi connectivity index (χ0n) is 50.9. The van der Waals surface area contributed by atoms with Crippen LogP contribution in [0.3, 0.4) is 0 Å². The third kappa shape index (κ3) is 20.4. The molecule has 9 amide bonds. The molecule has 88 heavy (non-hydrogen) atoms. The van der Waals surface area contributed by atoms with Gasteiger partial charge in [-0.2, -0.15) is 0 Å². The largest absolute Gasteiger partial charge is 0.508 e. The topological polar surface area (TPSA) is 420 Å². The standard InChI is InChI=1S/C61H87N15O12/c1-33(2)23-44(54(82)69-43(13-9-21-65-61(62)63)60(88)76-22-10-14-50(76)51(79)25-35(5)6)70-55(83)45(24-34(3)4)71-56(84)46(26-36-15-17-39(78)18-16-36)72-59(87)49(31-77)75-57(85)47(27-37-29-66-41-12-8-7-11-40(37)41)73-58(86)48(28-38-30-64-32-67-38)74-53(81)42-19-20-52(80)68-42/h7-8,11-12,15-18,29-30,32-35,42-50,66,77-78H,9-10,13-14,19-28,31H2,1-6H3,(H,64,67)(H,68,80)(H,69,82)(H,70,83)(H,71,84)(H,72,87)(H,73,86)(H,74,81)(H,75,85)(H4,62,63,65)/t42-,43-,44-,45+,46-,47-,48-,49-,50-/m0/s1. The summed E-state index contributed by atoms with van der Waals surface area (Å²) in [6.07, 6.45) is 6.23. The van der Waals surface area contributed by atoms with Crippen LogP contribution in [-0.2, 0) is 67.2 Å². The second-order valence-corrected chi connectivity index (χ2v) is 23.9.